The van der Waals surface area contributed by atoms with Gasteiger partial charge in [-0.05, 0) is 75.3 Å². The number of alkyl carbamates (subject to hydrolysis) is 1. The van der Waals surface area contributed by atoms with Crippen LogP contribution in [0.15, 0.2) is 45.9 Å². The van der Waals surface area contributed by atoms with Crippen molar-refractivity contribution >= 4 is 57.6 Å². The van der Waals surface area contributed by atoms with Crippen molar-refractivity contribution in [1.82, 2.24) is 15.5 Å². The molecule has 2 aliphatic rings. The molecule has 4 rings (SSSR count). The van der Waals surface area contributed by atoms with E-state index in [2.05, 4.69) is 31.6 Å². The highest BCUT2D eigenvalue weighted by Gasteiger charge is 2.56. The molecule has 1 aliphatic heterocycles. The fraction of sp³-hybridized carbons (Fsp3) is 0.485. The molecule has 1 heterocycles. The number of amides is 3. The first-order valence-corrected chi connectivity index (χ1v) is 16.2. The first kappa shape index (κ1) is 36.1. The van der Waals surface area contributed by atoms with Crippen LogP contribution >= 0.6 is 27.5 Å². The van der Waals surface area contributed by atoms with Crippen LogP contribution in [0.25, 0.3) is 0 Å². The van der Waals surface area contributed by atoms with Gasteiger partial charge < -0.3 is 24.8 Å². The molecule has 1 aliphatic carbocycles. The monoisotopic (exact) mass is 736 g/mol. The number of guanidine groups is 1. The molecule has 47 heavy (non-hydrogen) atoms. The number of halogens is 3. The second-order valence-electron chi connectivity index (χ2n) is 13.7. The van der Waals surface area contributed by atoms with E-state index in [1.807, 2.05) is 20.8 Å². The van der Waals surface area contributed by atoms with Crippen LogP contribution in [-0.2, 0) is 24.5 Å². The largest absolute Gasteiger partial charge is 0.465 e. The van der Waals surface area contributed by atoms with Crippen molar-refractivity contribution in [3.8, 4) is 0 Å². The quantitative estimate of drug-likeness (QED) is 0.218. The van der Waals surface area contributed by atoms with E-state index in [1.165, 1.54) is 31.4 Å². The zero-order chi connectivity index (χ0) is 34.9. The Hall–Kier alpha value is -3.71. The van der Waals surface area contributed by atoms with Crippen LogP contribution in [0.2, 0.25) is 5.02 Å². The lowest BCUT2D eigenvalue weighted by molar-refractivity contribution is -0.135. The van der Waals surface area contributed by atoms with Gasteiger partial charge in [0.05, 0.1) is 23.7 Å². The van der Waals surface area contributed by atoms with E-state index in [4.69, 9.17) is 25.8 Å². The normalized spacial score (nSPS) is 19.7. The van der Waals surface area contributed by atoms with Crippen molar-refractivity contribution in [2.24, 2.45) is 10.4 Å². The average Bonchev–Trinajstić information content (AvgIpc) is 3.72. The van der Waals surface area contributed by atoms with Crippen LogP contribution in [0.1, 0.15) is 88.3 Å². The average molecular weight is 738 g/mol. The number of hydrogen-bond acceptors (Lipinski definition) is 7. The van der Waals surface area contributed by atoms with Crippen LogP contribution in [0, 0.1) is 11.2 Å². The molecule has 3 amide bonds. The molecule has 1 unspecified atom stereocenters. The number of carbonyl (C=O) groups excluding carboxylic acids is 4. The molecule has 0 bridgehead atoms. The van der Waals surface area contributed by atoms with Crippen molar-refractivity contribution < 1.29 is 37.8 Å². The molecule has 2 N–H and O–H groups in total. The van der Waals surface area contributed by atoms with E-state index >= 15 is 4.39 Å². The number of esters is 1. The number of nitrogens with one attached hydrogen (secondary N) is 2. The van der Waals surface area contributed by atoms with E-state index in [1.54, 1.807) is 32.9 Å². The molecular formula is C33H39BrClFN4O7. The maximum Gasteiger partial charge on any atom is 0.437 e. The Morgan fingerprint density at radius 2 is 1.83 bits per heavy atom. The molecular weight excluding hydrogens is 699 g/mol. The maximum absolute atomic E-state index is 15.8. The predicted molar refractivity (Wildman–Crippen MR) is 177 cm³/mol. The Morgan fingerprint density at radius 1 is 1.15 bits per heavy atom. The van der Waals surface area contributed by atoms with Crippen molar-refractivity contribution in [3.05, 3.63) is 68.4 Å². The van der Waals surface area contributed by atoms with E-state index in [0.717, 1.165) is 17.7 Å². The fourth-order valence-electron chi connectivity index (χ4n) is 5.30. The summed E-state index contributed by atoms with van der Waals surface area (Å²) in [6, 6.07) is 7.53. The second-order valence-corrected chi connectivity index (χ2v) is 15.1. The van der Waals surface area contributed by atoms with E-state index in [9.17, 15) is 19.2 Å². The first-order chi connectivity index (χ1) is 21.8. The lowest BCUT2D eigenvalue weighted by atomic mass is 9.75. The van der Waals surface area contributed by atoms with E-state index < -0.39 is 59.1 Å². The minimum absolute atomic E-state index is 0.00996. The number of methoxy groups -OCH3 is 1. The Bertz CT molecular complexity index is 1600. The molecule has 0 radical (unpaired) electrons. The summed E-state index contributed by atoms with van der Waals surface area (Å²) < 4.78 is 32.3. The minimum atomic E-state index is -1.77. The van der Waals surface area contributed by atoms with Crippen LogP contribution in [-0.4, -0.2) is 60.3 Å². The van der Waals surface area contributed by atoms with E-state index in [-0.39, 0.29) is 34.6 Å². The van der Waals surface area contributed by atoms with Crippen LogP contribution in [0.3, 0.4) is 0 Å². The second kappa shape index (κ2) is 13.8. The van der Waals surface area contributed by atoms with Gasteiger partial charge in [-0.3, -0.25) is 9.69 Å². The Labute approximate surface area is 286 Å². The van der Waals surface area contributed by atoms with Crippen LogP contribution < -0.4 is 10.6 Å². The van der Waals surface area contributed by atoms with Crippen LogP contribution in [0.4, 0.5) is 14.0 Å². The van der Waals surface area contributed by atoms with Gasteiger partial charge in [0, 0.05) is 16.1 Å². The lowest BCUT2D eigenvalue weighted by Crippen LogP contribution is -2.48. The van der Waals surface area contributed by atoms with Crippen molar-refractivity contribution in [1.29, 1.82) is 0 Å². The van der Waals surface area contributed by atoms with Gasteiger partial charge in [0.15, 0.2) is 0 Å². The smallest absolute Gasteiger partial charge is 0.437 e. The van der Waals surface area contributed by atoms with Gasteiger partial charge in [-0.15, -0.1) is 4.99 Å². The predicted octanol–water partition coefficient (Wildman–Crippen LogP) is 7.01. The van der Waals surface area contributed by atoms with Gasteiger partial charge in [-0.1, -0.05) is 60.4 Å². The molecule has 2 fully saturated rings. The topological polar surface area (TPSA) is 136 Å². The third-order valence-corrected chi connectivity index (χ3v) is 8.10. The molecule has 0 aromatic heterocycles. The minimum Gasteiger partial charge on any atom is -0.465 e. The van der Waals surface area contributed by atoms with Gasteiger partial charge in [-0.25, -0.2) is 18.8 Å². The van der Waals surface area contributed by atoms with Crippen molar-refractivity contribution in [2.75, 3.05) is 13.7 Å². The van der Waals surface area contributed by atoms with Gasteiger partial charge >= 0.3 is 18.2 Å². The highest BCUT2D eigenvalue weighted by atomic mass is 79.9. The molecule has 2 aromatic carbocycles. The summed E-state index contributed by atoms with van der Waals surface area (Å²) in [6.07, 6.45) is -0.0469. The Morgan fingerprint density at radius 3 is 2.40 bits per heavy atom. The number of aliphatic imine (C=N–C) groups is 1. The summed E-state index contributed by atoms with van der Waals surface area (Å²) in [6.45, 7) is 10.2. The van der Waals surface area contributed by atoms with Crippen molar-refractivity contribution in [2.45, 2.75) is 84.0 Å². The molecule has 254 valence electrons. The Kier molecular flexibility index (Phi) is 10.6. The molecule has 2 aromatic rings. The number of nitrogens with zero attached hydrogens (tertiary/aromatic N) is 2. The fourth-order valence-corrected chi connectivity index (χ4v) is 5.83. The molecule has 11 nitrogen and oxygen atoms in total. The van der Waals surface area contributed by atoms with Gasteiger partial charge in [-0.2, -0.15) is 0 Å². The summed E-state index contributed by atoms with van der Waals surface area (Å²) >= 11 is 9.60. The molecule has 1 saturated carbocycles. The first-order valence-electron chi connectivity index (χ1n) is 15.0. The van der Waals surface area contributed by atoms with E-state index in [0.29, 0.717) is 10.0 Å². The van der Waals surface area contributed by atoms with Gasteiger partial charge in [0.2, 0.25) is 5.96 Å². The standard InChI is InChI=1S/C33H39BrClFN4O7/c1-31(2,3)17-33(22-12-9-19(34)15-24(22)36)27(42)40(28(39-33)38-30(44)47-32(4,5)6)25(16-46-29(43)37-20-10-11-20)18-8-13-23(35)21(14-18)26(41)45-7/h8-9,12-15,20,25H,10-11,16-17H2,1-7H3,(H,37,43)(H,38,39,44)/t25?,33-/m1/s1. The number of carbonyl (C=O) groups is 4. The molecule has 0 spiro atoms. The number of rotatable bonds is 8. The van der Waals surface area contributed by atoms with Gasteiger partial charge in [0.1, 0.15) is 23.6 Å². The highest BCUT2D eigenvalue weighted by molar-refractivity contribution is 9.10. The summed E-state index contributed by atoms with van der Waals surface area (Å²) in [5.74, 6) is -2.36. The SMILES string of the molecule is COC(=O)c1cc(C(COC(=O)NC2CC2)N2C(=O)[C@@](CC(C)(C)C)(c3ccc(Br)cc3F)NC2=NC(=O)OC(C)(C)C)ccc1Cl. The summed E-state index contributed by atoms with van der Waals surface area (Å²) in [5.41, 5.74) is -2.96. The Balaban J connectivity index is 1.94. The summed E-state index contributed by atoms with van der Waals surface area (Å²) in [7, 11) is 1.20. The van der Waals surface area contributed by atoms with Crippen LogP contribution in [0.5, 0.6) is 0 Å². The maximum atomic E-state index is 15.8. The zero-order valence-electron chi connectivity index (χ0n) is 27.3. The molecule has 2 atom stereocenters. The summed E-state index contributed by atoms with van der Waals surface area (Å²) in [5, 5.41) is 5.90. The summed E-state index contributed by atoms with van der Waals surface area (Å²) in [4.78, 5) is 58.8. The third-order valence-electron chi connectivity index (χ3n) is 7.28. The number of benzene rings is 2. The number of ether oxygens (including phenoxy) is 3. The third kappa shape index (κ3) is 8.81. The molecule has 1 saturated heterocycles. The number of hydrogen-bond donors (Lipinski definition) is 2. The molecule has 14 heteroatoms. The highest BCUT2D eigenvalue weighted by Crippen LogP contribution is 2.44. The lowest BCUT2D eigenvalue weighted by Gasteiger charge is -2.35. The van der Waals surface area contributed by atoms with Gasteiger partial charge in [0.25, 0.3) is 5.91 Å². The zero-order valence-corrected chi connectivity index (χ0v) is 29.7. The van der Waals surface area contributed by atoms with Crippen molar-refractivity contribution in [3.63, 3.8) is 0 Å².